The molecule has 0 radical (unpaired) electrons. The maximum atomic E-state index is 12.4. The first-order chi connectivity index (χ1) is 9.44. The van der Waals surface area contributed by atoms with Gasteiger partial charge in [-0.3, -0.25) is 4.72 Å². The molecule has 0 bridgehead atoms. The van der Waals surface area contributed by atoms with Gasteiger partial charge in [0, 0.05) is 11.0 Å². The largest absolute Gasteiger partial charge is 0.326 e. The molecule has 0 spiro atoms. The average molecular weight is 355 g/mol. The molecule has 2 aromatic rings. The van der Waals surface area contributed by atoms with Crippen LogP contribution >= 0.6 is 15.9 Å². The Morgan fingerprint density at radius 1 is 1.20 bits per heavy atom. The third-order valence-electron chi connectivity index (χ3n) is 2.92. The van der Waals surface area contributed by atoms with Gasteiger partial charge in [0.2, 0.25) is 0 Å². The van der Waals surface area contributed by atoms with Gasteiger partial charge in [0.15, 0.2) is 0 Å². The summed E-state index contributed by atoms with van der Waals surface area (Å²) in [6, 6.07) is 12.0. The minimum absolute atomic E-state index is 0.227. The van der Waals surface area contributed by atoms with Crippen LogP contribution in [-0.2, 0) is 16.6 Å². The number of hydrogen-bond donors (Lipinski definition) is 2. The van der Waals surface area contributed by atoms with Crippen LogP contribution in [0.3, 0.4) is 0 Å². The van der Waals surface area contributed by atoms with Gasteiger partial charge in [-0.1, -0.05) is 34.1 Å². The SMILES string of the molecule is Cc1cc(S(=O)(=O)Nc2ccccc2CN)ccc1Br. The topological polar surface area (TPSA) is 72.2 Å². The van der Waals surface area contributed by atoms with Gasteiger partial charge in [-0.2, -0.15) is 0 Å². The molecule has 106 valence electrons. The number of nitrogens with two attached hydrogens (primary N) is 1. The van der Waals surface area contributed by atoms with Gasteiger partial charge < -0.3 is 5.73 Å². The maximum Gasteiger partial charge on any atom is 0.261 e. The molecule has 2 rings (SSSR count). The van der Waals surface area contributed by atoms with Crippen molar-refractivity contribution < 1.29 is 8.42 Å². The maximum absolute atomic E-state index is 12.4. The van der Waals surface area contributed by atoms with E-state index in [2.05, 4.69) is 20.7 Å². The van der Waals surface area contributed by atoms with Gasteiger partial charge in [0.05, 0.1) is 10.6 Å². The lowest BCUT2D eigenvalue weighted by Gasteiger charge is -2.12. The molecule has 0 aliphatic carbocycles. The molecule has 0 unspecified atom stereocenters. The monoisotopic (exact) mass is 354 g/mol. The number of nitrogens with one attached hydrogen (secondary N) is 1. The van der Waals surface area contributed by atoms with Crippen LogP contribution in [0.15, 0.2) is 51.8 Å². The zero-order chi connectivity index (χ0) is 14.8. The highest BCUT2D eigenvalue weighted by Crippen LogP contribution is 2.23. The lowest BCUT2D eigenvalue weighted by molar-refractivity contribution is 0.601. The molecule has 0 aliphatic heterocycles. The Morgan fingerprint density at radius 3 is 2.55 bits per heavy atom. The molecule has 0 heterocycles. The Bertz CT molecular complexity index is 730. The summed E-state index contributed by atoms with van der Waals surface area (Å²) >= 11 is 3.35. The second kappa shape index (κ2) is 5.95. The van der Waals surface area contributed by atoms with Crippen molar-refractivity contribution in [1.82, 2.24) is 0 Å². The normalized spacial score (nSPS) is 11.3. The summed E-state index contributed by atoms with van der Waals surface area (Å²) in [5.74, 6) is 0. The van der Waals surface area contributed by atoms with Crippen molar-refractivity contribution in [3.8, 4) is 0 Å². The number of sulfonamides is 1. The molecule has 0 atom stereocenters. The van der Waals surface area contributed by atoms with Crippen LogP contribution in [0.4, 0.5) is 5.69 Å². The number of halogens is 1. The molecular weight excluding hydrogens is 340 g/mol. The Balaban J connectivity index is 2.38. The minimum Gasteiger partial charge on any atom is -0.326 e. The van der Waals surface area contributed by atoms with E-state index >= 15 is 0 Å². The second-order valence-electron chi connectivity index (χ2n) is 4.38. The van der Waals surface area contributed by atoms with Crippen molar-refractivity contribution in [3.05, 3.63) is 58.1 Å². The molecule has 2 aromatic carbocycles. The van der Waals surface area contributed by atoms with Crippen LogP contribution in [0.1, 0.15) is 11.1 Å². The second-order valence-corrected chi connectivity index (χ2v) is 6.91. The Kier molecular flexibility index (Phi) is 4.47. The van der Waals surface area contributed by atoms with E-state index in [0.717, 1.165) is 15.6 Å². The number of para-hydroxylation sites is 1. The van der Waals surface area contributed by atoms with Crippen molar-refractivity contribution in [2.24, 2.45) is 5.73 Å². The summed E-state index contributed by atoms with van der Waals surface area (Å²) in [6.45, 7) is 2.12. The van der Waals surface area contributed by atoms with Gasteiger partial charge in [0.25, 0.3) is 10.0 Å². The highest BCUT2D eigenvalue weighted by Gasteiger charge is 2.16. The minimum atomic E-state index is -3.61. The zero-order valence-electron chi connectivity index (χ0n) is 10.9. The van der Waals surface area contributed by atoms with Crippen molar-refractivity contribution >= 4 is 31.6 Å². The quantitative estimate of drug-likeness (QED) is 0.886. The number of aryl methyl sites for hydroxylation is 1. The molecule has 20 heavy (non-hydrogen) atoms. The van der Waals surface area contributed by atoms with Crippen molar-refractivity contribution in [2.45, 2.75) is 18.4 Å². The standard InChI is InChI=1S/C14H15BrN2O2S/c1-10-8-12(6-7-13(10)15)20(18,19)17-14-5-3-2-4-11(14)9-16/h2-8,17H,9,16H2,1H3. The lowest BCUT2D eigenvalue weighted by Crippen LogP contribution is -2.15. The Labute approximate surface area is 127 Å². The lowest BCUT2D eigenvalue weighted by atomic mass is 10.2. The Morgan fingerprint density at radius 2 is 1.90 bits per heavy atom. The molecule has 3 N–H and O–H groups in total. The number of anilines is 1. The van der Waals surface area contributed by atoms with Gasteiger partial charge in [0.1, 0.15) is 0 Å². The zero-order valence-corrected chi connectivity index (χ0v) is 13.3. The average Bonchev–Trinajstić information content (AvgIpc) is 2.42. The van der Waals surface area contributed by atoms with Gasteiger partial charge in [-0.15, -0.1) is 0 Å². The van der Waals surface area contributed by atoms with Gasteiger partial charge in [-0.25, -0.2) is 8.42 Å². The number of benzene rings is 2. The van der Waals surface area contributed by atoms with Crippen molar-refractivity contribution in [2.75, 3.05) is 4.72 Å². The van der Waals surface area contributed by atoms with Crippen LogP contribution in [0.25, 0.3) is 0 Å². The van der Waals surface area contributed by atoms with Gasteiger partial charge >= 0.3 is 0 Å². The predicted molar refractivity (Wildman–Crippen MR) is 84.0 cm³/mol. The number of hydrogen-bond acceptors (Lipinski definition) is 3. The molecule has 6 heteroatoms. The number of rotatable bonds is 4. The first kappa shape index (κ1) is 15.0. The molecule has 0 amide bonds. The fraction of sp³-hybridized carbons (Fsp3) is 0.143. The Hall–Kier alpha value is -1.37. The van der Waals surface area contributed by atoms with E-state index in [-0.39, 0.29) is 11.4 Å². The van der Waals surface area contributed by atoms with Gasteiger partial charge in [-0.05, 0) is 42.3 Å². The molecule has 0 fully saturated rings. The van der Waals surface area contributed by atoms with E-state index in [9.17, 15) is 8.42 Å². The smallest absolute Gasteiger partial charge is 0.261 e. The first-order valence-electron chi connectivity index (χ1n) is 6.01. The predicted octanol–water partition coefficient (Wildman–Crippen LogP) is 3.02. The van der Waals surface area contributed by atoms with E-state index in [1.807, 2.05) is 13.0 Å². The van der Waals surface area contributed by atoms with Crippen LogP contribution in [-0.4, -0.2) is 8.42 Å². The van der Waals surface area contributed by atoms with E-state index < -0.39 is 10.0 Å². The van der Waals surface area contributed by atoms with Crippen LogP contribution in [0.5, 0.6) is 0 Å². The highest BCUT2D eigenvalue weighted by molar-refractivity contribution is 9.10. The summed E-state index contributed by atoms with van der Waals surface area (Å²) in [5.41, 5.74) is 7.74. The molecule has 0 aliphatic rings. The highest BCUT2D eigenvalue weighted by atomic mass is 79.9. The fourth-order valence-corrected chi connectivity index (χ4v) is 3.22. The molecule has 0 aromatic heterocycles. The summed E-state index contributed by atoms with van der Waals surface area (Å²) < 4.78 is 28.2. The van der Waals surface area contributed by atoms with E-state index in [0.29, 0.717) is 5.69 Å². The molecule has 0 saturated heterocycles. The van der Waals surface area contributed by atoms with Crippen LogP contribution in [0.2, 0.25) is 0 Å². The molecule has 4 nitrogen and oxygen atoms in total. The third-order valence-corrected chi connectivity index (χ3v) is 5.17. The molecular formula is C14H15BrN2O2S. The van der Waals surface area contributed by atoms with E-state index in [1.54, 1.807) is 36.4 Å². The van der Waals surface area contributed by atoms with E-state index in [4.69, 9.17) is 5.73 Å². The third kappa shape index (κ3) is 3.20. The van der Waals surface area contributed by atoms with E-state index in [1.165, 1.54) is 0 Å². The summed E-state index contributed by atoms with van der Waals surface area (Å²) in [7, 11) is -3.61. The van der Waals surface area contributed by atoms with Crippen LogP contribution < -0.4 is 10.5 Å². The van der Waals surface area contributed by atoms with Crippen molar-refractivity contribution in [3.63, 3.8) is 0 Å². The first-order valence-corrected chi connectivity index (χ1v) is 8.28. The molecule has 0 saturated carbocycles. The summed E-state index contributed by atoms with van der Waals surface area (Å²) in [4.78, 5) is 0.227. The van der Waals surface area contributed by atoms with Crippen LogP contribution in [0, 0.1) is 6.92 Å². The summed E-state index contributed by atoms with van der Waals surface area (Å²) in [5, 5.41) is 0. The van der Waals surface area contributed by atoms with Crippen molar-refractivity contribution in [1.29, 1.82) is 0 Å². The summed E-state index contributed by atoms with van der Waals surface area (Å²) in [6.07, 6.45) is 0. The fourth-order valence-electron chi connectivity index (χ4n) is 1.79.